The van der Waals surface area contributed by atoms with Gasteiger partial charge in [0.25, 0.3) is 0 Å². The fourth-order valence-electron chi connectivity index (χ4n) is 3.52. The van der Waals surface area contributed by atoms with Crippen LogP contribution in [0.25, 0.3) is 0 Å². The molecule has 1 unspecified atom stereocenters. The van der Waals surface area contributed by atoms with E-state index in [-0.39, 0.29) is 18.5 Å². The number of hydrogen-bond donors (Lipinski definition) is 2. The zero-order chi connectivity index (χ0) is 16.4. The van der Waals surface area contributed by atoms with Crippen LogP contribution in [0.15, 0.2) is 0 Å². The normalized spacial score (nSPS) is 23.8. The van der Waals surface area contributed by atoms with Crippen LogP contribution in [0.4, 0.5) is 18.0 Å². The molecule has 128 valence electrons. The molecule has 0 saturated carbocycles. The number of amides is 2. The number of carbonyl (C=O) groups excluding carboxylic acids is 1. The number of rotatable bonds is 3. The molecular formula is C14H25F3N4O. The standard InChI is InChI=1S/C14H25F3N4O/c1-20-9-5-13(6-10-20)4-2-8-21(13)12(22)19-11(3-7-18)14(15,16)17/h11H,2-10,18H2,1H3,(H,19,22). The van der Waals surface area contributed by atoms with Crippen molar-refractivity contribution in [3.8, 4) is 0 Å². The van der Waals surface area contributed by atoms with Gasteiger partial charge in [0.1, 0.15) is 6.04 Å². The third-order valence-corrected chi connectivity index (χ3v) is 4.91. The first-order valence-corrected chi connectivity index (χ1v) is 7.82. The monoisotopic (exact) mass is 322 g/mol. The number of urea groups is 1. The fourth-order valence-corrected chi connectivity index (χ4v) is 3.52. The molecule has 1 atom stereocenters. The summed E-state index contributed by atoms with van der Waals surface area (Å²) in [5, 5.41) is 2.15. The molecule has 0 aromatic carbocycles. The maximum Gasteiger partial charge on any atom is 0.408 e. The summed E-state index contributed by atoms with van der Waals surface area (Å²) in [7, 11) is 2.02. The first-order chi connectivity index (χ1) is 10.3. The number of hydrogen-bond acceptors (Lipinski definition) is 3. The Labute approximate surface area is 129 Å². The summed E-state index contributed by atoms with van der Waals surface area (Å²) in [6.45, 7) is 2.16. The van der Waals surface area contributed by atoms with Gasteiger partial charge in [0.2, 0.25) is 0 Å². The van der Waals surface area contributed by atoms with Crippen LogP contribution < -0.4 is 11.1 Å². The maximum atomic E-state index is 12.9. The predicted octanol–water partition coefficient (Wildman–Crippen LogP) is 1.54. The van der Waals surface area contributed by atoms with Crippen LogP contribution in [0.3, 0.4) is 0 Å². The summed E-state index contributed by atoms with van der Waals surface area (Å²) in [5.41, 5.74) is 4.97. The number of nitrogens with zero attached hydrogens (tertiary/aromatic N) is 2. The van der Waals surface area contributed by atoms with E-state index in [1.165, 1.54) is 0 Å². The first kappa shape index (κ1) is 17.3. The minimum absolute atomic E-state index is 0.111. The molecule has 0 radical (unpaired) electrons. The van der Waals surface area contributed by atoms with Gasteiger partial charge >= 0.3 is 12.2 Å². The fraction of sp³-hybridized carbons (Fsp3) is 0.929. The zero-order valence-electron chi connectivity index (χ0n) is 13.0. The minimum Gasteiger partial charge on any atom is -0.330 e. The van der Waals surface area contributed by atoms with E-state index >= 15 is 0 Å². The Hall–Kier alpha value is -1.02. The molecule has 2 rings (SSSR count). The van der Waals surface area contributed by atoms with Crippen molar-refractivity contribution in [2.24, 2.45) is 5.73 Å². The summed E-state index contributed by atoms with van der Waals surface area (Å²) in [6.07, 6.45) is -1.38. The molecule has 1 spiro atoms. The summed E-state index contributed by atoms with van der Waals surface area (Å²) in [5.74, 6) is 0. The number of halogens is 3. The Kier molecular flexibility index (Phi) is 5.21. The molecule has 2 saturated heterocycles. The minimum atomic E-state index is -4.46. The second-order valence-corrected chi connectivity index (χ2v) is 6.40. The largest absolute Gasteiger partial charge is 0.408 e. The van der Waals surface area contributed by atoms with Crippen LogP contribution in [0.2, 0.25) is 0 Å². The van der Waals surface area contributed by atoms with Crippen LogP contribution in [0, 0.1) is 0 Å². The Balaban J connectivity index is 2.04. The lowest BCUT2D eigenvalue weighted by atomic mass is 9.85. The van der Waals surface area contributed by atoms with Crippen molar-refractivity contribution in [2.45, 2.75) is 49.9 Å². The van der Waals surface area contributed by atoms with E-state index in [1.54, 1.807) is 4.90 Å². The summed E-state index contributed by atoms with van der Waals surface area (Å²) >= 11 is 0. The van der Waals surface area contributed by atoms with E-state index in [0.717, 1.165) is 38.8 Å². The molecule has 2 amide bonds. The molecule has 5 nitrogen and oxygen atoms in total. The average Bonchev–Trinajstić information content (AvgIpc) is 2.84. The molecule has 2 heterocycles. The molecule has 3 N–H and O–H groups in total. The maximum absolute atomic E-state index is 12.9. The highest BCUT2D eigenvalue weighted by Crippen LogP contribution is 2.38. The molecule has 0 aliphatic carbocycles. The van der Waals surface area contributed by atoms with Gasteiger partial charge in [-0.05, 0) is 45.7 Å². The van der Waals surface area contributed by atoms with Gasteiger partial charge in [0.05, 0.1) is 0 Å². The van der Waals surface area contributed by atoms with Gasteiger partial charge in [-0.15, -0.1) is 0 Å². The van der Waals surface area contributed by atoms with Crippen LogP contribution in [0.5, 0.6) is 0 Å². The molecule has 2 aliphatic rings. The van der Waals surface area contributed by atoms with Crippen molar-refractivity contribution >= 4 is 6.03 Å². The smallest absolute Gasteiger partial charge is 0.330 e. The lowest BCUT2D eigenvalue weighted by Crippen LogP contribution is -2.59. The van der Waals surface area contributed by atoms with Crippen molar-refractivity contribution in [1.29, 1.82) is 0 Å². The van der Waals surface area contributed by atoms with Crippen molar-refractivity contribution in [3.05, 3.63) is 0 Å². The Morgan fingerprint density at radius 3 is 2.45 bits per heavy atom. The highest BCUT2D eigenvalue weighted by Gasteiger charge is 2.47. The number of likely N-dealkylation sites (tertiary alicyclic amines) is 2. The van der Waals surface area contributed by atoms with Crippen LogP contribution in [-0.4, -0.2) is 66.8 Å². The lowest BCUT2D eigenvalue weighted by molar-refractivity contribution is -0.154. The molecule has 2 fully saturated rings. The van der Waals surface area contributed by atoms with Crippen molar-refractivity contribution in [3.63, 3.8) is 0 Å². The average molecular weight is 322 g/mol. The van der Waals surface area contributed by atoms with Gasteiger partial charge in [-0.2, -0.15) is 13.2 Å². The Morgan fingerprint density at radius 2 is 1.91 bits per heavy atom. The van der Waals surface area contributed by atoms with Crippen LogP contribution in [-0.2, 0) is 0 Å². The van der Waals surface area contributed by atoms with Gasteiger partial charge in [0.15, 0.2) is 0 Å². The molecular weight excluding hydrogens is 297 g/mol. The van der Waals surface area contributed by atoms with E-state index < -0.39 is 18.2 Å². The third-order valence-electron chi connectivity index (χ3n) is 4.91. The topological polar surface area (TPSA) is 61.6 Å². The highest BCUT2D eigenvalue weighted by molar-refractivity contribution is 5.76. The molecule has 0 bridgehead atoms. The predicted molar refractivity (Wildman–Crippen MR) is 77.4 cm³/mol. The van der Waals surface area contributed by atoms with Gasteiger partial charge < -0.3 is 20.9 Å². The van der Waals surface area contributed by atoms with E-state index in [1.807, 2.05) is 7.05 Å². The van der Waals surface area contributed by atoms with Crippen molar-refractivity contribution in [1.82, 2.24) is 15.1 Å². The van der Waals surface area contributed by atoms with Gasteiger partial charge in [-0.25, -0.2) is 4.79 Å². The number of nitrogens with two attached hydrogens (primary N) is 1. The number of carbonyl (C=O) groups is 1. The summed E-state index contributed by atoms with van der Waals surface area (Å²) < 4.78 is 38.8. The second kappa shape index (κ2) is 6.62. The molecule has 0 aromatic rings. The zero-order valence-corrected chi connectivity index (χ0v) is 13.0. The molecule has 8 heteroatoms. The molecule has 22 heavy (non-hydrogen) atoms. The SMILES string of the molecule is CN1CCC2(CCCN2C(=O)NC(CCN)C(F)(F)F)CC1. The van der Waals surface area contributed by atoms with E-state index in [9.17, 15) is 18.0 Å². The van der Waals surface area contributed by atoms with Crippen LogP contribution >= 0.6 is 0 Å². The van der Waals surface area contributed by atoms with Crippen molar-refractivity contribution in [2.75, 3.05) is 33.2 Å². The first-order valence-electron chi connectivity index (χ1n) is 7.82. The molecule has 2 aliphatic heterocycles. The molecule has 0 aromatic heterocycles. The van der Waals surface area contributed by atoms with E-state index in [4.69, 9.17) is 5.73 Å². The Bertz CT molecular complexity index is 394. The van der Waals surface area contributed by atoms with Gasteiger partial charge in [-0.3, -0.25) is 0 Å². The lowest BCUT2D eigenvalue weighted by Gasteiger charge is -2.44. The Morgan fingerprint density at radius 1 is 1.27 bits per heavy atom. The quantitative estimate of drug-likeness (QED) is 0.828. The van der Waals surface area contributed by atoms with Gasteiger partial charge in [0, 0.05) is 25.2 Å². The summed E-state index contributed by atoms with van der Waals surface area (Å²) in [6, 6.07) is -2.47. The van der Waals surface area contributed by atoms with Crippen molar-refractivity contribution < 1.29 is 18.0 Å². The second-order valence-electron chi connectivity index (χ2n) is 6.40. The number of alkyl halides is 3. The third kappa shape index (κ3) is 3.65. The summed E-state index contributed by atoms with van der Waals surface area (Å²) in [4.78, 5) is 16.2. The van der Waals surface area contributed by atoms with E-state index in [2.05, 4.69) is 10.2 Å². The van der Waals surface area contributed by atoms with Crippen LogP contribution in [0.1, 0.15) is 32.1 Å². The van der Waals surface area contributed by atoms with Gasteiger partial charge in [-0.1, -0.05) is 0 Å². The highest BCUT2D eigenvalue weighted by atomic mass is 19.4. The number of piperidine rings is 1. The number of nitrogens with one attached hydrogen (secondary N) is 1. The van der Waals surface area contributed by atoms with E-state index in [0.29, 0.717) is 6.54 Å².